The number of rotatable bonds is 6. The van der Waals surface area contributed by atoms with Gasteiger partial charge in [-0.05, 0) is 57.0 Å². The summed E-state index contributed by atoms with van der Waals surface area (Å²) >= 11 is 0. The number of hydrogen-bond acceptors (Lipinski definition) is 4. The molecule has 1 heterocycles. The van der Waals surface area contributed by atoms with E-state index in [2.05, 4.69) is 5.32 Å². The molecule has 1 aromatic heterocycles. The Labute approximate surface area is 200 Å². The molecular weight excluding hydrogens is 463 g/mol. The first-order valence-corrected chi connectivity index (χ1v) is 11.5. The molecule has 1 unspecified atom stereocenters. The molecule has 10 heteroatoms. The summed E-state index contributed by atoms with van der Waals surface area (Å²) in [5, 5.41) is 12.5. The zero-order valence-corrected chi connectivity index (χ0v) is 19.7. The number of carbonyl (C=O) groups excluding carboxylic acids is 1. The molecule has 35 heavy (non-hydrogen) atoms. The van der Waals surface area contributed by atoms with Crippen LogP contribution in [0.4, 0.5) is 13.2 Å². The van der Waals surface area contributed by atoms with Crippen molar-refractivity contribution in [1.82, 2.24) is 14.5 Å². The lowest BCUT2D eigenvalue weighted by atomic mass is 9.89. The van der Waals surface area contributed by atoms with E-state index in [1.54, 1.807) is 30.3 Å². The third-order valence-electron chi connectivity index (χ3n) is 6.18. The second-order valence-corrected chi connectivity index (χ2v) is 9.12. The van der Waals surface area contributed by atoms with Gasteiger partial charge in [0.25, 0.3) is 11.8 Å². The van der Waals surface area contributed by atoms with Crippen LogP contribution >= 0.6 is 0 Å². The van der Waals surface area contributed by atoms with Crippen molar-refractivity contribution in [2.24, 2.45) is 0 Å². The Morgan fingerprint density at radius 3 is 2.60 bits per heavy atom. The van der Waals surface area contributed by atoms with Crippen molar-refractivity contribution in [3.63, 3.8) is 0 Å². The number of aliphatic hydroxyl groups is 1. The van der Waals surface area contributed by atoms with Crippen molar-refractivity contribution in [3.8, 4) is 11.4 Å². The van der Waals surface area contributed by atoms with Gasteiger partial charge in [-0.15, -0.1) is 0 Å². The van der Waals surface area contributed by atoms with Crippen LogP contribution in [-0.4, -0.2) is 44.6 Å². The minimum atomic E-state index is -3.26. The van der Waals surface area contributed by atoms with E-state index in [0.29, 0.717) is 16.7 Å². The lowest BCUT2D eigenvalue weighted by Gasteiger charge is -2.34. The number of amides is 1. The van der Waals surface area contributed by atoms with Crippen LogP contribution in [0.5, 0.6) is 5.75 Å². The minimum Gasteiger partial charge on any atom is -0.461 e. The Bertz CT molecular complexity index is 1300. The first-order chi connectivity index (χ1) is 16.5. The van der Waals surface area contributed by atoms with Gasteiger partial charge in [0, 0.05) is 31.0 Å². The standard InChI is InChI=1S/C25H28F3N3O4/c1-14(2)30-21-12-16(23(33)29-19-8-5-11-25(27,28)22(19)32)9-10-20(21)31(24(30)34)17-6-4-7-18(13-17)35-15(3)26/h4,6-7,9-10,12-15,19,22,32H,5,8,11H2,1-3H3,(H,29,33)/t15?,19-,22+/m0/s1. The largest absolute Gasteiger partial charge is 0.461 e. The van der Waals surface area contributed by atoms with Gasteiger partial charge >= 0.3 is 5.69 Å². The summed E-state index contributed by atoms with van der Waals surface area (Å²) in [5.74, 6) is -3.61. The number of hydrogen-bond donors (Lipinski definition) is 2. The second kappa shape index (κ2) is 9.41. The maximum Gasteiger partial charge on any atom is 0.333 e. The van der Waals surface area contributed by atoms with Crippen LogP contribution in [0, 0.1) is 0 Å². The number of nitrogens with zero attached hydrogens (tertiary/aromatic N) is 2. The zero-order chi connectivity index (χ0) is 25.5. The predicted molar refractivity (Wildman–Crippen MR) is 125 cm³/mol. The van der Waals surface area contributed by atoms with Crippen LogP contribution in [0.15, 0.2) is 47.3 Å². The van der Waals surface area contributed by atoms with Gasteiger partial charge in [0.15, 0.2) is 0 Å². The van der Waals surface area contributed by atoms with Gasteiger partial charge in [0.1, 0.15) is 11.9 Å². The minimum absolute atomic E-state index is 0.175. The van der Waals surface area contributed by atoms with Crippen molar-refractivity contribution in [2.45, 2.75) is 70.5 Å². The number of halogens is 3. The average molecular weight is 492 g/mol. The van der Waals surface area contributed by atoms with Crippen molar-refractivity contribution in [3.05, 3.63) is 58.5 Å². The molecule has 0 radical (unpaired) electrons. The number of fused-ring (bicyclic) bond motifs is 1. The molecule has 1 fully saturated rings. The molecule has 1 aliphatic rings. The van der Waals surface area contributed by atoms with Crippen LogP contribution < -0.4 is 15.7 Å². The van der Waals surface area contributed by atoms with Gasteiger partial charge in [-0.25, -0.2) is 18.0 Å². The molecule has 0 bridgehead atoms. The van der Waals surface area contributed by atoms with E-state index in [1.807, 2.05) is 13.8 Å². The monoisotopic (exact) mass is 491 g/mol. The lowest BCUT2D eigenvalue weighted by molar-refractivity contribution is -0.141. The SMILES string of the molecule is CC(F)Oc1cccc(-n2c(=O)n(C(C)C)c3cc(C(=O)N[C@H]4CCCC(F)(F)[C@@H]4O)ccc32)c1. The number of benzene rings is 2. The first kappa shape index (κ1) is 24.8. The number of ether oxygens (including phenoxy) is 1. The van der Waals surface area contributed by atoms with Crippen molar-refractivity contribution in [1.29, 1.82) is 0 Å². The molecular formula is C25H28F3N3O4. The van der Waals surface area contributed by atoms with Crippen molar-refractivity contribution >= 4 is 16.9 Å². The van der Waals surface area contributed by atoms with Gasteiger partial charge in [0.05, 0.1) is 22.8 Å². The Balaban J connectivity index is 1.74. The summed E-state index contributed by atoms with van der Waals surface area (Å²) < 4.78 is 49.2. The molecule has 1 amide bonds. The lowest BCUT2D eigenvalue weighted by Crippen LogP contribution is -2.54. The molecule has 188 valence electrons. The maximum absolute atomic E-state index is 13.9. The quantitative estimate of drug-likeness (QED) is 0.537. The number of imidazole rings is 1. The number of nitrogens with one attached hydrogen (secondary N) is 1. The fourth-order valence-corrected chi connectivity index (χ4v) is 4.55. The molecule has 4 rings (SSSR count). The molecule has 7 nitrogen and oxygen atoms in total. The highest BCUT2D eigenvalue weighted by atomic mass is 19.3. The van der Waals surface area contributed by atoms with E-state index in [9.17, 15) is 27.9 Å². The van der Waals surface area contributed by atoms with Gasteiger partial charge < -0.3 is 15.2 Å². The molecule has 2 aromatic carbocycles. The molecule has 1 aliphatic carbocycles. The van der Waals surface area contributed by atoms with Crippen molar-refractivity contribution < 1.29 is 27.8 Å². The highest BCUT2D eigenvalue weighted by Crippen LogP contribution is 2.34. The van der Waals surface area contributed by atoms with Crippen LogP contribution in [0.25, 0.3) is 16.7 Å². The van der Waals surface area contributed by atoms with Gasteiger partial charge in [-0.1, -0.05) is 6.07 Å². The van der Waals surface area contributed by atoms with Crippen LogP contribution in [-0.2, 0) is 0 Å². The molecule has 0 saturated heterocycles. The summed E-state index contributed by atoms with van der Waals surface area (Å²) in [6, 6.07) is 9.76. The summed E-state index contributed by atoms with van der Waals surface area (Å²) in [6.45, 7) is 4.90. The second-order valence-electron chi connectivity index (χ2n) is 9.12. The predicted octanol–water partition coefficient (Wildman–Crippen LogP) is 4.35. The summed E-state index contributed by atoms with van der Waals surface area (Å²) in [7, 11) is 0. The van der Waals surface area contributed by atoms with Crippen molar-refractivity contribution in [2.75, 3.05) is 0 Å². The fourth-order valence-electron chi connectivity index (χ4n) is 4.55. The smallest absolute Gasteiger partial charge is 0.333 e. The maximum atomic E-state index is 13.9. The molecule has 2 N–H and O–H groups in total. The summed E-state index contributed by atoms with van der Waals surface area (Å²) in [5.41, 5.74) is 1.25. The van der Waals surface area contributed by atoms with E-state index in [-0.39, 0.29) is 35.9 Å². The third-order valence-corrected chi connectivity index (χ3v) is 6.18. The molecule has 3 atom stereocenters. The van der Waals surface area contributed by atoms with Crippen LogP contribution in [0.1, 0.15) is 56.4 Å². The fraction of sp³-hybridized carbons (Fsp3) is 0.440. The number of carbonyl (C=O) groups is 1. The number of aliphatic hydroxyl groups excluding tert-OH is 1. The average Bonchev–Trinajstić information content (AvgIpc) is 3.07. The zero-order valence-electron chi connectivity index (χ0n) is 19.7. The van der Waals surface area contributed by atoms with Gasteiger partial charge in [-0.3, -0.25) is 13.9 Å². The molecule has 1 saturated carbocycles. The van der Waals surface area contributed by atoms with E-state index in [1.165, 1.54) is 28.2 Å². The highest BCUT2D eigenvalue weighted by molar-refractivity contribution is 5.98. The third kappa shape index (κ3) is 4.80. The highest BCUT2D eigenvalue weighted by Gasteiger charge is 2.46. The topological polar surface area (TPSA) is 85.5 Å². The Morgan fingerprint density at radius 2 is 1.91 bits per heavy atom. The molecule has 0 aliphatic heterocycles. The van der Waals surface area contributed by atoms with Gasteiger partial charge in [-0.2, -0.15) is 0 Å². The number of alkyl halides is 3. The normalized spacial score (nSPS) is 20.7. The molecule has 0 spiro atoms. The van der Waals surface area contributed by atoms with E-state index >= 15 is 0 Å². The first-order valence-electron chi connectivity index (χ1n) is 11.5. The summed E-state index contributed by atoms with van der Waals surface area (Å²) in [4.78, 5) is 26.3. The van der Waals surface area contributed by atoms with Gasteiger partial charge in [0.2, 0.25) is 6.36 Å². The Hall–Kier alpha value is -3.27. The number of aromatic nitrogens is 2. The van der Waals surface area contributed by atoms with Crippen LogP contribution in [0.2, 0.25) is 0 Å². The Kier molecular flexibility index (Phi) is 6.68. The summed E-state index contributed by atoms with van der Waals surface area (Å²) in [6.07, 6.45) is -3.47. The van der Waals surface area contributed by atoms with E-state index in [4.69, 9.17) is 4.74 Å². The van der Waals surface area contributed by atoms with E-state index < -0.39 is 36.8 Å². The Morgan fingerprint density at radius 1 is 1.17 bits per heavy atom. The van der Waals surface area contributed by atoms with E-state index in [0.717, 1.165) is 0 Å². The van der Waals surface area contributed by atoms with Crippen LogP contribution in [0.3, 0.4) is 0 Å². The molecule has 3 aromatic rings.